The van der Waals surface area contributed by atoms with Gasteiger partial charge in [0.05, 0.1) is 6.04 Å². The lowest BCUT2D eigenvalue weighted by Gasteiger charge is -2.08. The molecule has 0 aliphatic rings. The summed E-state index contributed by atoms with van der Waals surface area (Å²) in [4.78, 5) is 8.64. The van der Waals surface area contributed by atoms with Gasteiger partial charge >= 0.3 is 0 Å². The monoisotopic (exact) mass is 365 g/mol. The van der Waals surface area contributed by atoms with Crippen LogP contribution in [0.15, 0.2) is 65.6 Å². The molecule has 27 heavy (non-hydrogen) atoms. The summed E-state index contributed by atoms with van der Waals surface area (Å²) >= 11 is 0. The Morgan fingerprint density at radius 1 is 1.19 bits per heavy atom. The number of rotatable bonds is 6. The van der Waals surface area contributed by atoms with Crippen LogP contribution >= 0.6 is 0 Å². The molecule has 136 valence electrons. The molecule has 0 aliphatic carbocycles. The zero-order valence-electron chi connectivity index (χ0n) is 14.5. The van der Waals surface area contributed by atoms with E-state index in [4.69, 9.17) is 9.26 Å². The minimum atomic E-state index is -0.319. The van der Waals surface area contributed by atoms with Gasteiger partial charge in [-0.05, 0) is 43.3 Å². The summed E-state index contributed by atoms with van der Waals surface area (Å²) in [7, 11) is 0. The number of hydrogen-bond donors (Lipinski definition) is 0. The van der Waals surface area contributed by atoms with Crippen LogP contribution < -0.4 is 4.74 Å². The van der Waals surface area contributed by atoms with E-state index in [1.807, 2.05) is 23.9 Å². The molecule has 8 heteroatoms. The first kappa shape index (κ1) is 16.9. The van der Waals surface area contributed by atoms with Crippen LogP contribution in [0, 0.1) is 5.82 Å². The topological polar surface area (TPSA) is 78.9 Å². The molecule has 0 saturated heterocycles. The van der Waals surface area contributed by atoms with E-state index < -0.39 is 0 Å². The largest absolute Gasteiger partial charge is 0.439 e. The number of halogens is 1. The molecule has 4 rings (SSSR count). The van der Waals surface area contributed by atoms with Crippen molar-refractivity contribution in [2.24, 2.45) is 0 Å². The molecule has 0 aliphatic heterocycles. The fraction of sp³-hybridized carbons (Fsp3) is 0.158. The second-order valence-corrected chi connectivity index (χ2v) is 5.99. The summed E-state index contributed by atoms with van der Waals surface area (Å²) in [6.07, 6.45) is 5.81. The molecule has 3 aromatic heterocycles. The Bertz CT molecular complexity index is 998. The van der Waals surface area contributed by atoms with Crippen molar-refractivity contribution in [1.82, 2.24) is 24.9 Å². The summed E-state index contributed by atoms with van der Waals surface area (Å²) in [6, 6.07) is 11.2. The van der Waals surface area contributed by atoms with Gasteiger partial charge in [-0.1, -0.05) is 5.16 Å². The molecular formula is C19H16FN5O2. The Balaban J connectivity index is 1.43. The van der Waals surface area contributed by atoms with Gasteiger partial charge in [-0.2, -0.15) is 10.1 Å². The van der Waals surface area contributed by atoms with E-state index in [0.717, 1.165) is 0 Å². The number of hydrogen-bond acceptors (Lipinski definition) is 6. The average molecular weight is 365 g/mol. The molecule has 0 fully saturated rings. The highest BCUT2D eigenvalue weighted by molar-refractivity contribution is 5.53. The summed E-state index contributed by atoms with van der Waals surface area (Å²) in [5, 5.41) is 8.21. The molecule has 1 unspecified atom stereocenters. The SMILES string of the molecule is CC(Cc1nc(-c2ccc(Oc3ccc(F)cc3)nc2)no1)n1cccn1. The minimum absolute atomic E-state index is 0.109. The summed E-state index contributed by atoms with van der Waals surface area (Å²) in [5.74, 6) is 1.56. The van der Waals surface area contributed by atoms with E-state index in [0.29, 0.717) is 35.3 Å². The number of nitrogens with zero attached hydrogens (tertiary/aromatic N) is 5. The van der Waals surface area contributed by atoms with Crippen LogP contribution in [0.3, 0.4) is 0 Å². The Morgan fingerprint density at radius 2 is 2.04 bits per heavy atom. The van der Waals surface area contributed by atoms with Gasteiger partial charge in [0, 0.05) is 36.6 Å². The molecule has 0 saturated carbocycles. The molecule has 3 heterocycles. The van der Waals surface area contributed by atoms with E-state index >= 15 is 0 Å². The van der Waals surface area contributed by atoms with Gasteiger partial charge in [0.1, 0.15) is 11.6 Å². The van der Waals surface area contributed by atoms with Crippen molar-refractivity contribution >= 4 is 0 Å². The highest BCUT2D eigenvalue weighted by Gasteiger charge is 2.14. The fourth-order valence-corrected chi connectivity index (χ4v) is 2.54. The van der Waals surface area contributed by atoms with E-state index in [1.165, 1.54) is 24.3 Å². The van der Waals surface area contributed by atoms with Crippen molar-refractivity contribution in [3.63, 3.8) is 0 Å². The zero-order chi connectivity index (χ0) is 18.6. The predicted octanol–water partition coefficient (Wildman–Crippen LogP) is 4.06. The third kappa shape index (κ3) is 4.00. The highest BCUT2D eigenvalue weighted by Crippen LogP contribution is 2.23. The Hall–Kier alpha value is -3.55. The Morgan fingerprint density at radius 3 is 2.74 bits per heavy atom. The number of aromatic nitrogens is 5. The van der Waals surface area contributed by atoms with Crippen LogP contribution in [0.25, 0.3) is 11.4 Å². The highest BCUT2D eigenvalue weighted by atomic mass is 19.1. The van der Waals surface area contributed by atoms with Gasteiger partial charge in [-0.3, -0.25) is 4.68 Å². The molecule has 0 N–H and O–H groups in total. The van der Waals surface area contributed by atoms with Crippen molar-refractivity contribution < 1.29 is 13.7 Å². The van der Waals surface area contributed by atoms with Crippen LogP contribution in [0.4, 0.5) is 4.39 Å². The fourth-order valence-electron chi connectivity index (χ4n) is 2.54. The number of ether oxygens (including phenoxy) is 1. The zero-order valence-corrected chi connectivity index (χ0v) is 14.5. The quantitative estimate of drug-likeness (QED) is 0.513. The minimum Gasteiger partial charge on any atom is -0.439 e. The van der Waals surface area contributed by atoms with Crippen LogP contribution in [-0.4, -0.2) is 24.9 Å². The van der Waals surface area contributed by atoms with Crippen molar-refractivity contribution in [1.29, 1.82) is 0 Å². The van der Waals surface area contributed by atoms with Crippen LogP contribution in [0.5, 0.6) is 11.6 Å². The standard InChI is InChI=1S/C19H16FN5O2/c1-13(25-10-2-9-22-25)11-18-23-19(24-27-18)14-3-8-17(21-12-14)26-16-6-4-15(20)5-7-16/h2-10,12-13H,11H2,1H3. The Kier molecular flexibility index (Phi) is 4.61. The first-order valence-corrected chi connectivity index (χ1v) is 8.39. The molecule has 0 amide bonds. The molecule has 0 spiro atoms. The molecule has 1 aromatic carbocycles. The predicted molar refractivity (Wildman–Crippen MR) is 94.6 cm³/mol. The molecule has 4 aromatic rings. The van der Waals surface area contributed by atoms with Gasteiger partial charge in [0.2, 0.25) is 17.6 Å². The first-order valence-electron chi connectivity index (χ1n) is 8.39. The van der Waals surface area contributed by atoms with Gasteiger partial charge < -0.3 is 9.26 Å². The van der Waals surface area contributed by atoms with E-state index in [1.54, 1.807) is 24.5 Å². The number of benzene rings is 1. The normalized spacial score (nSPS) is 12.1. The van der Waals surface area contributed by atoms with E-state index in [-0.39, 0.29) is 11.9 Å². The number of pyridine rings is 1. The summed E-state index contributed by atoms with van der Waals surface area (Å²) < 4.78 is 25.7. The second-order valence-electron chi connectivity index (χ2n) is 5.99. The van der Waals surface area contributed by atoms with Gasteiger partial charge in [0.15, 0.2) is 0 Å². The summed E-state index contributed by atoms with van der Waals surface area (Å²) in [5.41, 5.74) is 0.711. The smallest absolute Gasteiger partial charge is 0.229 e. The molecular weight excluding hydrogens is 349 g/mol. The molecule has 7 nitrogen and oxygen atoms in total. The lowest BCUT2D eigenvalue weighted by molar-refractivity contribution is 0.349. The maximum Gasteiger partial charge on any atom is 0.229 e. The van der Waals surface area contributed by atoms with Crippen LogP contribution in [0.1, 0.15) is 18.9 Å². The third-order valence-electron chi connectivity index (χ3n) is 3.95. The lowest BCUT2D eigenvalue weighted by atomic mass is 10.2. The maximum absolute atomic E-state index is 12.9. The molecule has 0 radical (unpaired) electrons. The average Bonchev–Trinajstić information content (AvgIpc) is 3.36. The van der Waals surface area contributed by atoms with Gasteiger partial charge in [0.25, 0.3) is 0 Å². The maximum atomic E-state index is 12.9. The molecule has 0 bridgehead atoms. The van der Waals surface area contributed by atoms with Crippen molar-refractivity contribution in [3.8, 4) is 23.0 Å². The first-order chi connectivity index (χ1) is 13.2. The Labute approximate surface area is 154 Å². The van der Waals surface area contributed by atoms with Crippen LogP contribution in [0.2, 0.25) is 0 Å². The van der Waals surface area contributed by atoms with Crippen molar-refractivity contribution in [3.05, 3.63) is 72.8 Å². The van der Waals surface area contributed by atoms with Crippen LogP contribution in [-0.2, 0) is 6.42 Å². The van der Waals surface area contributed by atoms with E-state index in [2.05, 4.69) is 20.2 Å². The van der Waals surface area contributed by atoms with E-state index in [9.17, 15) is 4.39 Å². The van der Waals surface area contributed by atoms with Gasteiger partial charge in [-0.15, -0.1) is 0 Å². The van der Waals surface area contributed by atoms with Crippen molar-refractivity contribution in [2.45, 2.75) is 19.4 Å². The third-order valence-corrected chi connectivity index (χ3v) is 3.95. The summed E-state index contributed by atoms with van der Waals surface area (Å²) in [6.45, 7) is 2.03. The van der Waals surface area contributed by atoms with Crippen molar-refractivity contribution in [2.75, 3.05) is 0 Å². The molecule has 1 atom stereocenters. The second kappa shape index (κ2) is 7.36. The lowest BCUT2D eigenvalue weighted by Crippen LogP contribution is -2.08. The van der Waals surface area contributed by atoms with Gasteiger partial charge in [-0.25, -0.2) is 9.37 Å².